The van der Waals surface area contributed by atoms with E-state index in [-0.39, 0.29) is 18.0 Å². The lowest BCUT2D eigenvalue weighted by molar-refractivity contribution is 0.0519. The number of esters is 1. The molecule has 0 spiro atoms. The van der Waals surface area contributed by atoms with E-state index in [2.05, 4.69) is 15.0 Å². The minimum Gasteiger partial charge on any atom is -0.492 e. The summed E-state index contributed by atoms with van der Waals surface area (Å²) >= 11 is 0. The van der Waals surface area contributed by atoms with E-state index in [9.17, 15) is 14.8 Å². The first kappa shape index (κ1) is 11.2. The summed E-state index contributed by atoms with van der Waals surface area (Å²) < 4.78 is 5.76. The van der Waals surface area contributed by atoms with Crippen LogP contribution in [0.25, 0.3) is 0 Å². The third kappa shape index (κ3) is 1.95. The Balaban J connectivity index is 3.17. The molecule has 0 aliphatic heterocycles. The maximum Gasteiger partial charge on any atom is 0.361 e. The zero-order valence-electron chi connectivity index (χ0n) is 8.43. The number of carbonyl (C=O) groups excluding carboxylic acids is 1. The molecule has 82 valence electrons. The van der Waals surface area contributed by atoms with Gasteiger partial charge in [-0.05, 0) is 19.0 Å². The van der Waals surface area contributed by atoms with Crippen molar-refractivity contribution in [1.29, 1.82) is 0 Å². The first-order valence-electron chi connectivity index (χ1n) is 4.45. The van der Waals surface area contributed by atoms with E-state index in [1.165, 1.54) is 0 Å². The Labute approximate surface area is 85.6 Å². The molecule has 0 fully saturated rings. The molecule has 0 aliphatic carbocycles. The van der Waals surface area contributed by atoms with E-state index >= 15 is 0 Å². The van der Waals surface area contributed by atoms with Crippen LogP contribution in [0.2, 0.25) is 0 Å². The van der Waals surface area contributed by atoms with Gasteiger partial charge in [0.05, 0.1) is 6.61 Å². The molecule has 0 saturated carbocycles. The molecule has 1 N–H and O–H groups in total. The highest BCUT2D eigenvalue weighted by atomic mass is 16.5. The number of nitroso groups, excluding NO2 is 1. The minimum atomic E-state index is -0.769. The summed E-state index contributed by atoms with van der Waals surface area (Å²) in [5.74, 6) is -1.19. The van der Waals surface area contributed by atoms with E-state index in [1.54, 1.807) is 13.8 Å². The molecule has 1 aromatic heterocycles. The number of aromatic hydroxyl groups is 1. The van der Waals surface area contributed by atoms with Crippen LogP contribution in [0.5, 0.6) is 5.88 Å². The highest BCUT2D eigenvalue weighted by Crippen LogP contribution is 2.30. The number of nitrogens with zero attached hydrogens (tertiary/aromatic N) is 3. The Morgan fingerprint density at radius 2 is 2.27 bits per heavy atom. The van der Waals surface area contributed by atoms with Crippen molar-refractivity contribution in [1.82, 2.24) is 9.78 Å². The lowest BCUT2D eigenvalue weighted by Gasteiger charge is -1.96. The molecule has 0 radical (unpaired) electrons. The van der Waals surface area contributed by atoms with Crippen molar-refractivity contribution in [2.75, 3.05) is 6.61 Å². The maximum absolute atomic E-state index is 11.3. The summed E-state index contributed by atoms with van der Waals surface area (Å²) in [5.41, 5.74) is -0.637. The van der Waals surface area contributed by atoms with Crippen molar-refractivity contribution >= 4 is 11.7 Å². The molecule has 0 aliphatic rings. The fourth-order valence-electron chi connectivity index (χ4n) is 1.09. The molecule has 7 heteroatoms. The van der Waals surface area contributed by atoms with Crippen LogP contribution in [-0.4, -0.2) is 27.5 Å². The Kier molecular flexibility index (Phi) is 3.37. The molecule has 15 heavy (non-hydrogen) atoms. The predicted octanol–water partition coefficient (Wildman–Crippen LogP) is 1.18. The molecule has 0 amide bonds. The number of hydrogen-bond acceptors (Lipinski definition) is 6. The van der Waals surface area contributed by atoms with E-state index in [0.717, 1.165) is 4.68 Å². The average Bonchev–Trinajstić information content (AvgIpc) is 2.55. The van der Waals surface area contributed by atoms with Gasteiger partial charge in [-0.1, -0.05) is 0 Å². The van der Waals surface area contributed by atoms with Crippen LogP contribution in [0, 0.1) is 4.91 Å². The third-order valence-electron chi connectivity index (χ3n) is 1.76. The lowest BCUT2D eigenvalue weighted by atomic mass is 10.4. The molecular formula is C8H11N3O4. The number of hydrogen-bond donors (Lipinski definition) is 1. The molecule has 0 aromatic carbocycles. The molecule has 1 aromatic rings. The number of rotatable bonds is 4. The quantitative estimate of drug-likeness (QED) is 0.598. The van der Waals surface area contributed by atoms with E-state index in [1.807, 2.05) is 0 Å². The van der Waals surface area contributed by atoms with Crippen LogP contribution >= 0.6 is 0 Å². The second-order valence-electron chi connectivity index (χ2n) is 2.65. The van der Waals surface area contributed by atoms with Crippen molar-refractivity contribution in [2.45, 2.75) is 20.4 Å². The number of carbonyl (C=O) groups is 1. The van der Waals surface area contributed by atoms with E-state index in [4.69, 9.17) is 0 Å². The zero-order chi connectivity index (χ0) is 11.4. The molecule has 0 saturated heterocycles. The predicted molar refractivity (Wildman–Crippen MR) is 51.0 cm³/mol. The first-order chi connectivity index (χ1) is 7.15. The molecule has 0 atom stereocenters. The van der Waals surface area contributed by atoms with Crippen LogP contribution in [0.1, 0.15) is 24.3 Å². The number of aryl methyl sites for hydroxylation is 1. The summed E-state index contributed by atoms with van der Waals surface area (Å²) in [6.45, 7) is 3.82. The Morgan fingerprint density at radius 1 is 1.60 bits per heavy atom. The van der Waals surface area contributed by atoms with E-state index < -0.39 is 11.8 Å². The minimum absolute atomic E-state index is 0.164. The van der Waals surface area contributed by atoms with Gasteiger partial charge in [0, 0.05) is 6.54 Å². The largest absolute Gasteiger partial charge is 0.492 e. The summed E-state index contributed by atoms with van der Waals surface area (Å²) in [5, 5.41) is 15.7. The monoisotopic (exact) mass is 213 g/mol. The summed E-state index contributed by atoms with van der Waals surface area (Å²) in [6.07, 6.45) is 0. The van der Waals surface area contributed by atoms with Gasteiger partial charge in [-0.3, -0.25) is 0 Å². The van der Waals surface area contributed by atoms with E-state index in [0.29, 0.717) is 6.54 Å². The number of aromatic nitrogens is 2. The smallest absolute Gasteiger partial charge is 0.361 e. The van der Waals surface area contributed by atoms with Crippen LogP contribution < -0.4 is 0 Å². The van der Waals surface area contributed by atoms with Crippen molar-refractivity contribution in [3.8, 4) is 5.88 Å². The maximum atomic E-state index is 11.3. The first-order valence-corrected chi connectivity index (χ1v) is 4.45. The summed E-state index contributed by atoms with van der Waals surface area (Å²) in [7, 11) is 0. The second-order valence-corrected chi connectivity index (χ2v) is 2.65. The van der Waals surface area contributed by atoms with Gasteiger partial charge in [0.1, 0.15) is 0 Å². The molecule has 7 nitrogen and oxygen atoms in total. The third-order valence-corrected chi connectivity index (χ3v) is 1.76. The van der Waals surface area contributed by atoms with Crippen molar-refractivity contribution in [2.24, 2.45) is 5.18 Å². The van der Waals surface area contributed by atoms with Gasteiger partial charge >= 0.3 is 5.97 Å². The highest BCUT2D eigenvalue weighted by molar-refractivity contribution is 5.93. The standard InChI is InChI=1S/C8H11N3O4/c1-3-11-7(12)5(10-14)6(9-11)8(13)15-4-2/h12H,3-4H2,1-2H3. The van der Waals surface area contributed by atoms with Gasteiger partial charge in [-0.25, -0.2) is 9.48 Å². The van der Waals surface area contributed by atoms with Crippen LogP contribution in [0.15, 0.2) is 5.18 Å². The van der Waals surface area contributed by atoms with Crippen LogP contribution in [-0.2, 0) is 11.3 Å². The van der Waals surface area contributed by atoms with Gasteiger partial charge < -0.3 is 9.84 Å². The Morgan fingerprint density at radius 3 is 2.73 bits per heavy atom. The van der Waals surface area contributed by atoms with Gasteiger partial charge in [0.15, 0.2) is 0 Å². The molecule has 1 rings (SSSR count). The topological polar surface area (TPSA) is 93.8 Å². The van der Waals surface area contributed by atoms with Crippen LogP contribution in [0.4, 0.5) is 5.69 Å². The SMILES string of the molecule is CCOC(=O)c1nn(CC)c(O)c1N=O. The molecule has 1 heterocycles. The average molecular weight is 213 g/mol. The Hall–Kier alpha value is -1.92. The molecule has 0 bridgehead atoms. The molecule has 0 unspecified atom stereocenters. The highest BCUT2D eigenvalue weighted by Gasteiger charge is 2.24. The van der Waals surface area contributed by atoms with Crippen molar-refractivity contribution in [3.63, 3.8) is 0 Å². The summed E-state index contributed by atoms with van der Waals surface area (Å²) in [4.78, 5) is 21.7. The second kappa shape index (κ2) is 4.54. The lowest BCUT2D eigenvalue weighted by Crippen LogP contribution is -2.07. The van der Waals surface area contributed by atoms with Crippen molar-refractivity contribution in [3.05, 3.63) is 10.6 Å². The van der Waals surface area contributed by atoms with Crippen LogP contribution in [0.3, 0.4) is 0 Å². The van der Waals surface area contributed by atoms with Gasteiger partial charge in [0.25, 0.3) is 0 Å². The van der Waals surface area contributed by atoms with Gasteiger partial charge in [-0.15, -0.1) is 4.91 Å². The number of ether oxygens (including phenoxy) is 1. The van der Waals surface area contributed by atoms with Crippen molar-refractivity contribution < 1.29 is 14.6 Å². The zero-order valence-corrected chi connectivity index (χ0v) is 8.43. The van der Waals surface area contributed by atoms with Gasteiger partial charge in [0.2, 0.25) is 17.3 Å². The Bertz CT molecular complexity index is 385. The fourth-order valence-corrected chi connectivity index (χ4v) is 1.09. The summed E-state index contributed by atoms with van der Waals surface area (Å²) in [6, 6.07) is 0. The normalized spacial score (nSPS) is 10.0. The van der Waals surface area contributed by atoms with Gasteiger partial charge in [-0.2, -0.15) is 5.10 Å². The fraction of sp³-hybridized carbons (Fsp3) is 0.500. The molecular weight excluding hydrogens is 202 g/mol.